The number of nitrogens with one attached hydrogen (secondary N) is 3. The Morgan fingerprint density at radius 1 is 1.42 bits per heavy atom. The predicted octanol–water partition coefficient (Wildman–Crippen LogP) is -1.37. The van der Waals surface area contributed by atoms with Crippen molar-refractivity contribution in [1.82, 2.24) is 15.4 Å². The van der Waals surface area contributed by atoms with E-state index in [1.165, 1.54) is 7.05 Å². The second kappa shape index (κ2) is 5.28. The molecular formula is C5H13N3O2S2. The van der Waals surface area contributed by atoms with Crippen LogP contribution in [0.15, 0.2) is 0 Å². The third-order valence-corrected chi connectivity index (χ3v) is 2.91. The van der Waals surface area contributed by atoms with E-state index in [1.807, 2.05) is 0 Å². The van der Waals surface area contributed by atoms with E-state index in [0.29, 0.717) is 11.7 Å². The van der Waals surface area contributed by atoms with Crippen LogP contribution in [0.3, 0.4) is 0 Å². The fraction of sp³-hybridized carbons (Fsp3) is 0.800. The van der Waals surface area contributed by atoms with E-state index < -0.39 is 10.0 Å². The minimum Gasteiger partial charge on any atom is -0.366 e. The number of hydrogen-bond acceptors (Lipinski definition) is 3. The maximum atomic E-state index is 10.9. The molecule has 0 bridgehead atoms. The molecule has 0 spiro atoms. The fourth-order valence-electron chi connectivity index (χ4n) is 0.489. The SMILES string of the molecule is CNC(=S)NCCS(=O)(=O)NC. The average molecular weight is 211 g/mol. The minimum absolute atomic E-state index is 0.0192. The first-order valence-corrected chi connectivity index (χ1v) is 5.44. The monoisotopic (exact) mass is 211 g/mol. The summed E-state index contributed by atoms with van der Waals surface area (Å²) < 4.78 is 23.9. The molecule has 0 aliphatic carbocycles. The Morgan fingerprint density at radius 3 is 2.42 bits per heavy atom. The van der Waals surface area contributed by atoms with E-state index in [4.69, 9.17) is 12.2 Å². The molecule has 0 saturated heterocycles. The Morgan fingerprint density at radius 2 is 2.00 bits per heavy atom. The number of hydrogen-bond donors (Lipinski definition) is 3. The lowest BCUT2D eigenvalue weighted by molar-refractivity contribution is 0.587. The van der Waals surface area contributed by atoms with Crippen LogP contribution in [0.25, 0.3) is 0 Å². The molecular weight excluding hydrogens is 198 g/mol. The Labute approximate surface area is 78.0 Å². The van der Waals surface area contributed by atoms with Gasteiger partial charge < -0.3 is 10.6 Å². The van der Waals surface area contributed by atoms with Gasteiger partial charge in [-0.2, -0.15) is 0 Å². The molecule has 0 aromatic heterocycles. The van der Waals surface area contributed by atoms with Gasteiger partial charge in [-0.3, -0.25) is 0 Å². The van der Waals surface area contributed by atoms with Crippen LogP contribution in [-0.4, -0.2) is 39.9 Å². The lowest BCUT2D eigenvalue weighted by Crippen LogP contribution is -2.37. The maximum Gasteiger partial charge on any atom is 0.213 e. The van der Waals surface area contributed by atoms with Crippen LogP contribution in [-0.2, 0) is 10.0 Å². The molecule has 5 nitrogen and oxygen atoms in total. The third-order valence-electron chi connectivity index (χ3n) is 1.19. The van der Waals surface area contributed by atoms with Crippen molar-refractivity contribution in [3.8, 4) is 0 Å². The zero-order valence-corrected chi connectivity index (χ0v) is 8.68. The molecule has 0 atom stereocenters. The van der Waals surface area contributed by atoms with Gasteiger partial charge in [-0.15, -0.1) is 0 Å². The lowest BCUT2D eigenvalue weighted by atomic mass is 10.7. The molecule has 0 radical (unpaired) electrons. The number of rotatable bonds is 4. The van der Waals surface area contributed by atoms with Crippen LogP contribution in [0.2, 0.25) is 0 Å². The maximum absolute atomic E-state index is 10.9. The quantitative estimate of drug-likeness (QED) is 0.501. The highest BCUT2D eigenvalue weighted by Gasteiger charge is 2.05. The van der Waals surface area contributed by atoms with Crippen LogP contribution in [0, 0.1) is 0 Å². The second-order valence-electron chi connectivity index (χ2n) is 2.03. The summed E-state index contributed by atoms with van der Waals surface area (Å²) in [5.74, 6) is 0.0192. The first-order valence-electron chi connectivity index (χ1n) is 3.38. The highest BCUT2D eigenvalue weighted by Crippen LogP contribution is 1.78. The van der Waals surface area contributed by atoms with Crippen LogP contribution >= 0.6 is 12.2 Å². The largest absolute Gasteiger partial charge is 0.366 e. The average Bonchev–Trinajstić information content (AvgIpc) is 2.04. The van der Waals surface area contributed by atoms with E-state index in [0.717, 1.165) is 0 Å². The first-order chi connectivity index (χ1) is 5.52. The summed E-state index contributed by atoms with van der Waals surface area (Å²) >= 11 is 4.74. The van der Waals surface area contributed by atoms with Gasteiger partial charge in [0.15, 0.2) is 5.11 Å². The Bertz CT molecular complexity index is 237. The summed E-state index contributed by atoms with van der Waals surface area (Å²) in [5.41, 5.74) is 0. The van der Waals surface area contributed by atoms with Gasteiger partial charge in [0.1, 0.15) is 0 Å². The van der Waals surface area contributed by atoms with E-state index >= 15 is 0 Å². The number of thiocarbonyl (C=S) groups is 1. The van der Waals surface area contributed by atoms with Crippen molar-refractivity contribution in [1.29, 1.82) is 0 Å². The molecule has 0 unspecified atom stereocenters. The van der Waals surface area contributed by atoms with E-state index in [-0.39, 0.29) is 5.75 Å². The summed E-state index contributed by atoms with van der Waals surface area (Å²) in [4.78, 5) is 0. The molecule has 0 fully saturated rings. The third kappa shape index (κ3) is 5.28. The lowest BCUT2D eigenvalue weighted by Gasteiger charge is -2.06. The molecule has 0 saturated carbocycles. The van der Waals surface area contributed by atoms with Crippen molar-refractivity contribution in [3.63, 3.8) is 0 Å². The zero-order valence-electron chi connectivity index (χ0n) is 7.05. The smallest absolute Gasteiger partial charge is 0.213 e. The van der Waals surface area contributed by atoms with Crippen LogP contribution in [0.5, 0.6) is 0 Å². The summed E-state index contributed by atoms with van der Waals surface area (Å²) in [7, 11) is -0.0741. The molecule has 0 rings (SSSR count). The van der Waals surface area contributed by atoms with Gasteiger partial charge in [0.05, 0.1) is 5.75 Å². The Kier molecular flexibility index (Phi) is 5.11. The molecule has 0 aliphatic rings. The Balaban J connectivity index is 3.64. The van der Waals surface area contributed by atoms with Crippen molar-refractivity contribution < 1.29 is 8.42 Å². The van der Waals surface area contributed by atoms with Gasteiger partial charge >= 0.3 is 0 Å². The van der Waals surface area contributed by atoms with Gasteiger partial charge in [-0.25, -0.2) is 13.1 Å². The first kappa shape index (κ1) is 11.6. The van der Waals surface area contributed by atoms with E-state index in [2.05, 4.69) is 15.4 Å². The van der Waals surface area contributed by atoms with Gasteiger partial charge in [0.2, 0.25) is 10.0 Å². The summed E-state index contributed by atoms with van der Waals surface area (Å²) in [6.07, 6.45) is 0. The number of sulfonamides is 1. The van der Waals surface area contributed by atoms with Crippen LogP contribution in [0.1, 0.15) is 0 Å². The fourth-order valence-corrected chi connectivity index (χ4v) is 1.17. The minimum atomic E-state index is -3.12. The zero-order chi connectivity index (χ0) is 9.61. The molecule has 3 N–H and O–H groups in total. The van der Waals surface area contributed by atoms with E-state index in [9.17, 15) is 8.42 Å². The molecule has 0 heterocycles. The highest BCUT2D eigenvalue weighted by molar-refractivity contribution is 7.89. The van der Waals surface area contributed by atoms with Crippen LogP contribution in [0.4, 0.5) is 0 Å². The summed E-state index contributed by atoms with van der Waals surface area (Å²) in [6.45, 7) is 0.308. The van der Waals surface area contributed by atoms with Crippen molar-refractivity contribution in [3.05, 3.63) is 0 Å². The standard InChI is InChI=1S/C5H13N3O2S2/c1-6-5(11)8-3-4-12(9,10)7-2/h7H,3-4H2,1-2H3,(H2,6,8,11). The summed E-state index contributed by atoms with van der Waals surface area (Å²) in [6, 6.07) is 0. The second-order valence-corrected chi connectivity index (χ2v) is 4.48. The molecule has 0 aromatic rings. The molecule has 72 valence electrons. The predicted molar refractivity (Wildman–Crippen MR) is 52.5 cm³/mol. The van der Waals surface area contributed by atoms with Gasteiger partial charge in [0.25, 0.3) is 0 Å². The van der Waals surface area contributed by atoms with Gasteiger partial charge in [0, 0.05) is 13.6 Å². The van der Waals surface area contributed by atoms with Gasteiger partial charge in [-0.05, 0) is 19.3 Å². The molecule has 7 heteroatoms. The van der Waals surface area contributed by atoms with Gasteiger partial charge in [-0.1, -0.05) is 0 Å². The molecule has 0 amide bonds. The summed E-state index contributed by atoms with van der Waals surface area (Å²) in [5, 5.41) is 5.84. The normalized spacial score (nSPS) is 10.8. The van der Waals surface area contributed by atoms with Crippen molar-refractivity contribution in [2.24, 2.45) is 0 Å². The van der Waals surface area contributed by atoms with Crippen molar-refractivity contribution >= 4 is 27.4 Å². The van der Waals surface area contributed by atoms with Crippen molar-refractivity contribution in [2.45, 2.75) is 0 Å². The highest BCUT2D eigenvalue weighted by atomic mass is 32.2. The van der Waals surface area contributed by atoms with Crippen molar-refractivity contribution in [2.75, 3.05) is 26.4 Å². The Hall–Kier alpha value is -0.400. The van der Waals surface area contributed by atoms with Crippen LogP contribution < -0.4 is 15.4 Å². The molecule has 0 aromatic carbocycles. The van der Waals surface area contributed by atoms with E-state index in [1.54, 1.807) is 7.05 Å². The molecule has 12 heavy (non-hydrogen) atoms. The molecule has 0 aliphatic heterocycles. The topological polar surface area (TPSA) is 70.2 Å².